The van der Waals surface area contributed by atoms with E-state index in [1.54, 1.807) is 0 Å². The number of carbonyl (C=O) groups excluding carboxylic acids is 1. The Labute approximate surface area is 151 Å². The lowest BCUT2D eigenvalue weighted by Crippen LogP contribution is -2.42. The van der Waals surface area contributed by atoms with Crippen molar-refractivity contribution in [1.82, 2.24) is 10.2 Å². The summed E-state index contributed by atoms with van der Waals surface area (Å²) in [5.74, 6) is -0.0614. The van der Waals surface area contributed by atoms with Crippen molar-refractivity contribution in [2.45, 2.75) is 57.3 Å². The molecular formula is C17H27Cl2N3O. The molecule has 6 heteroatoms. The van der Waals surface area contributed by atoms with Gasteiger partial charge in [-0.1, -0.05) is 29.8 Å². The zero-order chi connectivity index (χ0) is 15.0. The molecule has 2 fully saturated rings. The molecule has 1 heterocycles. The number of nitrogens with two attached hydrogens (primary N) is 1. The van der Waals surface area contributed by atoms with Crippen molar-refractivity contribution < 1.29 is 4.79 Å². The Morgan fingerprint density at radius 3 is 2.43 bits per heavy atom. The first-order valence-corrected chi connectivity index (χ1v) is 7.93. The van der Waals surface area contributed by atoms with Gasteiger partial charge in [0.25, 0.3) is 0 Å². The van der Waals surface area contributed by atoms with Gasteiger partial charge < -0.3 is 11.1 Å². The highest BCUT2D eigenvalue weighted by Crippen LogP contribution is 2.33. The molecule has 3 unspecified atom stereocenters. The molecular weight excluding hydrogens is 333 g/mol. The van der Waals surface area contributed by atoms with E-state index in [2.05, 4.69) is 17.1 Å². The zero-order valence-electron chi connectivity index (χ0n) is 13.7. The lowest BCUT2D eigenvalue weighted by atomic mass is 10.0. The maximum atomic E-state index is 12.3. The summed E-state index contributed by atoms with van der Waals surface area (Å²) in [5, 5.41) is 3.13. The molecule has 3 atom stereocenters. The number of aryl methyl sites for hydroxylation is 1. The van der Waals surface area contributed by atoms with E-state index in [0.717, 1.165) is 24.6 Å². The van der Waals surface area contributed by atoms with Crippen LogP contribution in [0, 0.1) is 6.92 Å². The van der Waals surface area contributed by atoms with Gasteiger partial charge in [-0.25, -0.2) is 0 Å². The monoisotopic (exact) mass is 359 g/mol. The van der Waals surface area contributed by atoms with E-state index >= 15 is 0 Å². The summed E-state index contributed by atoms with van der Waals surface area (Å²) in [5.41, 5.74) is 8.14. The maximum absolute atomic E-state index is 12.3. The minimum atomic E-state index is -0.573. The Balaban J connectivity index is 0.00000132. The topological polar surface area (TPSA) is 58.4 Å². The van der Waals surface area contributed by atoms with Gasteiger partial charge >= 0.3 is 0 Å². The highest BCUT2D eigenvalue weighted by atomic mass is 35.5. The first kappa shape index (κ1) is 20.2. The Morgan fingerprint density at radius 2 is 1.87 bits per heavy atom. The van der Waals surface area contributed by atoms with Crippen LogP contribution in [0.3, 0.4) is 0 Å². The van der Waals surface area contributed by atoms with Crippen LogP contribution < -0.4 is 11.1 Å². The molecule has 130 valence electrons. The SMILES string of the molecule is Cc1ccc(C(N)C(=O)NC2CC(C)N(C3CC3)C2)cc1.Cl.Cl. The van der Waals surface area contributed by atoms with E-state index in [-0.39, 0.29) is 36.8 Å². The average molecular weight is 360 g/mol. The fraction of sp³-hybridized carbons (Fsp3) is 0.588. The van der Waals surface area contributed by atoms with Crippen LogP contribution in [0.2, 0.25) is 0 Å². The van der Waals surface area contributed by atoms with Gasteiger partial charge in [0.1, 0.15) is 6.04 Å². The van der Waals surface area contributed by atoms with Gasteiger partial charge in [0, 0.05) is 24.7 Å². The molecule has 0 aromatic heterocycles. The molecule has 1 aliphatic heterocycles. The summed E-state index contributed by atoms with van der Waals surface area (Å²) in [7, 11) is 0. The highest BCUT2D eigenvalue weighted by molar-refractivity contribution is 5.85. The van der Waals surface area contributed by atoms with Crippen LogP contribution in [0.25, 0.3) is 0 Å². The number of hydrogen-bond acceptors (Lipinski definition) is 3. The zero-order valence-corrected chi connectivity index (χ0v) is 15.3. The minimum Gasteiger partial charge on any atom is -0.350 e. The minimum absolute atomic E-state index is 0. The molecule has 1 aromatic carbocycles. The standard InChI is InChI=1S/C17H25N3O.2ClH/c1-11-3-5-13(6-4-11)16(18)17(21)19-14-9-12(2)20(10-14)15-7-8-15;;/h3-6,12,14-16H,7-10,18H2,1-2H3,(H,19,21);2*1H. The van der Waals surface area contributed by atoms with Crippen LogP contribution in [0.5, 0.6) is 0 Å². The third-order valence-corrected chi connectivity index (χ3v) is 4.70. The molecule has 0 radical (unpaired) electrons. The lowest BCUT2D eigenvalue weighted by Gasteiger charge is -2.20. The molecule has 0 bridgehead atoms. The molecule has 3 rings (SSSR count). The molecule has 23 heavy (non-hydrogen) atoms. The van der Waals surface area contributed by atoms with Gasteiger partial charge in [0.05, 0.1) is 0 Å². The average Bonchev–Trinajstić information content (AvgIpc) is 3.23. The lowest BCUT2D eigenvalue weighted by molar-refractivity contribution is -0.123. The number of benzene rings is 1. The molecule has 1 saturated carbocycles. The summed E-state index contributed by atoms with van der Waals surface area (Å²) < 4.78 is 0. The van der Waals surface area contributed by atoms with Crippen molar-refractivity contribution in [2.75, 3.05) is 6.54 Å². The number of nitrogens with one attached hydrogen (secondary N) is 1. The second-order valence-corrected chi connectivity index (χ2v) is 6.61. The molecule has 1 amide bonds. The number of carbonyl (C=O) groups is 1. The molecule has 1 aliphatic carbocycles. The fourth-order valence-corrected chi connectivity index (χ4v) is 3.29. The van der Waals surface area contributed by atoms with E-state index in [1.165, 1.54) is 18.4 Å². The fourth-order valence-electron chi connectivity index (χ4n) is 3.29. The van der Waals surface area contributed by atoms with E-state index < -0.39 is 6.04 Å². The molecule has 4 nitrogen and oxygen atoms in total. The number of halogens is 2. The van der Waals surface area contributed by atoms with Crippen molar-refractivity contribution in [1.29, 1.82) is 0 Å². The Bertz CT molecular complexity index is 519. The van der Waals surface area contributed by atoms with E-state index in [4.69, 9.17) is 5.73 Å². The summed E-state index contributed by atoms with van der Waals surface area (Å²) in [6.45, 7) is 5.25. The van der Waals surface area contributed by atoms with Crippen molar-refractivity contribution >= 4 is 30.7 Å². The van der Waals surface area contributed by atoms with Gasteiger partial charge in [0.2, 0.25) is 5.91 Å². The smallest absolute Gasteiger partial charge is 0.241 e. The van der Waals surface area contributed by atoms with Crippen molar-refractivity contribution in [3.8, 4) is 0 Å². The van der Waals surface area contributed by atoms with Gasteiger partial charge in [-0.15, -0.1) is 24.8 Å². The summed E-state index contributed by atoms with van der Waals surface area (Å²) in [4.78, 5) is 14.9. The molecule has 3 N–H and O–H groups in total. The van der Waals surface area contributed by atoms with Gasteiger partial charge in [0.15, 0.2) is 0 Å². The summed E-state index contributed by atoms with van der Waals surface area (Å²) in [6.07, 6.45) is 3.66. The Hall–Kier alpha value is -0.810. The van der Waals surface area contributed by atoms with Crippen molar-refractivity contribution in [2.24, 2.45) is 5.73 Å². The van der Waals surface area contributed by atoms with Crippen LogP contribution in [0.1, 0.15) is 43.4 Å². The second-order valence-electron chi connectivity index (χ2n) is 6.61. The van der Waals surface area contributed by atoms with Crippen LogP contribution in [-0.4, -0.2) is 35.5 Å². The van der Waals surface area contributed by atoms with Crippen LogP contribution >= 0.6 is 24.8 Å². The van der Waals surface area contributed by atoms with Crippen LogP contribution in [0.15, 0.2) is 24.3 Å². The number of nitrogens with zero attached hydrogens (tertiary/aromatic N) is 1. The molecule has 2 aliphatic rings. The van der Waals surface area contributed by atoms with Crippen molar-refractivity contribution in [3.63, 3.8) is 0 Å². The van der Waals surface area contributed by atoms with E-state index in [1.807, 2.05) is 31.2 Å². The van der Waals surface area contributed by atoms with Gasteiger partial charge in [-0.2, -0.15) is 0 Å². The Kier molecular flexibility index (Phi) is 7.33. The quantitative estimate of drug-likeness (QED) is 0.868. The predicted octanol–water partition coefficient (Wildman–Crippen LogP) is 2.58. The van der Waals surface area contributed by atoms with Gasteiger partial charge in [-0.05, 0) is 38.7 Å². The van der Waals surface area contributed by atoms with Crippen molar-refractivity contribution in [3.05, 3.63) is 35.4 Å². The van der Waals surface area contributed by atoms with Crippen LogP contribution in [-0.2, 0) is 4.79 Å². The first-order valence-electron chi connectivity index (χ1n) is 7.93. The third-order valence-electron chi connectivity index (χ3n) is 4.70. The Morgan fingerprint density at radius 1 is 1.26 bits per heavy atom. The molecule has 1 saturated heterocycles. The van der Waals surface area contributed by atoms with Gasteiger partial charge in [-0.3, -0.25) is 9.69 Å². The number of likely N-dealkylation sites (tertiary alicyclic amines) is 1. The second kappa shape index (κ2) is 8.34. The van der Waals surface area contributed by atoms with E-state index in [9.17, 15) is 4.79 Å². The summed E-state index contributed by atoms with van der Waals surface area (Å²) >= 11 is 0. The molecule has 1 aromatic rings. The predicted molar refractivity (Wildman–Crippen MR) is 98.3 cm³/mol. The maximum Gasteiger partial charge on any atom is 0.241 e. The summed E-state index contributed by atoms with van der Waals surface area (Å²) in [6, 6.07) is 8.86. The van der Waals surface area contributed by atoms with Crippen LogP contribution in [0.4, 0.5) is 0 Å². The number of rotatable bonds is 4. The normalized spacial score (nSPS) is 25.2. The third kappa shape index (κ3) is 4.83. The number of amides is 1. The molecule has 0 spiro atoms. The largest absolute Gasteiger partial charge is 0.350 e. The highest BCUT2D eigenvalue weighted by Gasteiger charge is 2.39. The first-order chi connectivity index (χ1) is 10.0. The number of hydrogen-bond donors (Lipinski definition) is 2. The van der Waals surface area contributed by atoms with E-state index in [0.29, 0.717) is 6.04 Å².